The molecule has 3 amide bonds. The molecule has 8 nitrogen and oxygen atoms in total. The number of halogens is 2. The molecule has 0 radical (unpaired) electrons. The summed E-state index contributed by atoms with van der Waals surface area (Å²) in [6, 6.07) is 13.1. The second-order valence-corrected chi connectivity index (χ2v) is 8.88. The Morgan fingerprint density at radius 2 is 1.97 bits per heavy atom. The number of pyridine rings is 1. The average Bonchev–Trinajstić information content (AvgIpc) is 3.21. The van der Waals surface area contributed by atoms with Gasteiger partial charge in [0.2, 0.25) is 5.91 Å². The van der Waals surface area contributed by atoms with Gasteiger partial charge in [0, 0.05) is 30.1 Å². The normalized spacial score (nSPS) is 18.3. The van der Waals surface area contributed by atoms with Gasteiger partial charge in [-0.1, -0.05) is 18.2 Å². The number of hydrogen-bond acceptors (Lipinski definition) is 5. The number of nitrogens with one attached hydrogen (secondary N) is 2. The first-order valence-electron chi connectivity index (χ1n) is 11.4. The highest BCUT2D eigenvalue weighted by atomic mass is 19.3. The third-order valence-corrected chi connectivity index (χ3v) is 6.49. The molecule has 3 heterocycles. The molecule has 1 unspecified atom stereocenters. The number of carbonyl (C=O) groups is 3. The Kier molecular flexibility index (Phi) is 5.84. The fourth-order valence-electron chi connectivity index (χ4n) is 4.68. The molecule has 5 rings (SSSR count). The molecule has 36 heavy (non-hydrogen) atoms. The Morgan fingerprint density at radius 3 is 2.78 bits per heavy atom. The number of nitrogens with zero attached hydrogens (tertiary/aromatic N) is 3. The van der Waals surface area contributed by atoms with E-state index in [4.69, 9.17) is 5.26 Å². The summed E-state index contributed by atoms with van der Waals surface area (Å²) < 4.78 is 27.3. The first kappa shape index (κ1) is 23.4. The first-order chi connectivity index (χ1) is 17.3. The van der Waals surface area contributed by atoms with Crippen molar-refractivity contribution in [2.75, 3.05) is 19.6 Å². The number of likely N-dealkylation sites (tertiary alicyclic amines) is 1. The molecule has 2 aliphatic rings. The maximum Gasteiger partial charge on any atom is 0.268 e. The number of amides is 3. The van der Waals surface area contributed by atoms with Crippen molar-refractivity contribution in [2.45, 2.75) is 24.8 Å². The summed E-state index contributed by atoms with van der Waals surface area (Å²) in [5.41, 5.74) is 4.14. The molecule has 10 heteroatoms. The standard InChI is InChI=1S/C26H21F2N5O3/c27-26(28)11-18(12-29)33(14-26)23(34)13-32-25(36)20-6-8-30-22-4-2-16(10-21(20)22)15-1-3-19-17(9-15)5-7-31-24(19)35/h1-4,6,8-10,18H,5,7,11,13-14H2,(H,31,35)(H,32,36). The molecule has 0 bridgehead atoms. The first-order valence-corrected chi connectivity index (χ1v) is 11.4. The van der Waals surface area contributed by atoms with Crippen molar-refractivity contribution in [3.63, 3.8) is 0 Å². The minimum Gasteiger partial charge on any atom is -0.352 e. The molecule has 1 fully saturated rings. The van der Waals surface area contributed by atoms with Crippen LogP contribution in [0.1, 0.15) is 32.7 Å². The molecule has 182 valence electrons. The van der Waals surface area contributed by atoms with Gasteiger partial charge in [0.15, 0.2) is 0 Å². The van der Waals surface area contributed by atoms with Crippen molar-refractivity contribution in [3.05, 3.63) is 65.4 Å². The molecule has 0 aliphatic carbocycles. The van der Waals surface area contributed by atoms with E-state index in [-0.39, 0.29) is 11.5 Å². The maximum atomic E-state index is 13.7. The number of alkyl halides is 2. The van der Waals surface area contributed by atoms with Crippen LogP contribution in [0.2, 0.25) is 0 Å². The molecular weight excluding hydrogens is 468 g/mol. The lowest BCUT2D eigenvalue weighted by Crippen LogP contribution is -2.43. The molecular formula is C26H21F2N5O3. The van der Waals surface area contributed by atoms with Gasteiger partial charge in [-0.05, 0) is 47.4 Å². The predicted octanol–water partition coefficient (Wildman–Crippen LogP) is 2.68. The molecule has 1 saturated heterocycles. The summed E-state index contributed by atoms with van der Waals surface area (Å²) in [6.07, 6.45) is 1.48. The van der Waals surface area contributed by atoms with Crippen LogP contribution in [0.3, 0.4) is 0 Å². The number of nitriles is 1. The van der Waals surface area contributed by atoms with Gasteiger partial charge in [-0.25, -0.2) is 8.78 Å². The van der Waals surface area contributed by atoms with Crippen LogP contribution in [-0.2, 0) is 11.2 Å². The smallest absolute Gasteiger partial charge is 0.268 e. The van der Waals surface area contributed by atoms with E-state index in [1.807, 2.05) is 24.3 Å². The number of hydrogen-bond donors (Lipinski definition) is 2. The van der Waals surface area contributed by atoms with Crippen molar-refractivity contribution in [3.8, 4) is 17.2 Å². The van der Waals surface area contributed by atoms with Gasteiger partial charge in [0.05, 0.1) is 30.2 Å². The fourth-order valence-corrected chi connectivity index (χ4v) is 4.68. The summed E-state index contributed by atoms with van der Waals surface area (Å²) in [5, 5.41) is 15.0. The monoisotopic (exact) mass is 489 g/mol. The van der Waals surface area contributed by atoms with Crippen molar-refractivity contribution in [2.24, 2.45) is 0 Å². The third-order valence-electron chi connectivity index (χ3n) is 6.49. The van der Waals surface area contributed by atoms with Gasteiger partial charge in [-0.2, -0.15) is 5.26 Å². The topological polar surface area (TPSA) is 115 Å². The zero-order chi connectivity index (χ0) is 25.4. The van der Waals surface area contributed by atoms with Gasteiger partial charge in [0.1, 0.15) is 6.04 Å². The van der Waals surface area contributed by atoms with Crippen LogP contribution in [0.5, 0.6) is 0 Å². The second kappa shape index (κ2) is 9.00. The number of rotatable bonds is 4. The van der Waals surface area contributed by atoms with E-state index in [0.29, 0.717) is 23.0 Å². The predicted molar refractivity (Wildman–Crippen MR) is 126 cm³/mol. The van der Waals surface area contributed by atoms with E-state index in [1.54, 1.807) is 18.2 Å². The molecule has 2 N–H and O–H groups in total. The minimum absolute atomic E-state index is 0.0993. The number of fused-ring (bicyclic) bond motifs is 2. The van der Waals surface area contributed by atoms with Gasteiger partial charge in [-0.15, -0.1) is 0 Å². The molecule has 1 atom stereocenters. The van der Waals surface area contributed by atoms with Crippen LogP contribution in [-0.4, -0.2) is 59.2 Å². The summed E-state index contributed by atoms with van der Waals surface area (Å²) in [6.45, 7) is -0.780. The minimum atomic E-state index is -3.13. The van der Waals surface area contributed by atoms with Gasteiger partial charge in [0.25, 0.3) is 17.7 Å². The van der Waals surface area contributed by atoms with Crippen LogP contribution < -0.4 is 10.6 Å². The van der Waals surface area contributed by atoms with Crippen LogP contribution >= 0.6 is 0 Å². The lowest BCUT2D eigenvalue weighted by atomic mass is 9.94. The number of benzene rings is 2. The fraction of sp³-hybridized carbons (Fsp3) is 0.269. The van der Waals surface area contributed by atoms with E-state index in [2.05, 4.69) is 15.6 Å². The summed E-state index contributed by atoms with van der Waals surface area (Å²) >= 11 is 0. The molecule has 2 aromatic carbocycles. The van der Waals surface area contributed by atoms with Crippen LogP contribution in [0.25, 0.3) is 22.0 Å². The highest BCUT2D eigenvalue weighted by molar-refractivity contribution is 6.07. The summed E-state index contributed by atoms with van der Waals surface area (Å²) in [7, 11) is 0. The Balaban J connectivity index is 1.38. The molecule has 2 aliphatic heterocycles. The van der Waals surface area contributed by atoms with Crippen LogP contribution in [0, 0.1) is 11.3 Å². The largest absolute Gasteiger partial charge is 0.352 e. The highest BCUT2D eigenvalue weighted by Crippen LogP contribution is 2.32. The van der Waals surface area contributed by atoms with Crippen molar-refractivity contribution < 1.29 is 23.2 Å². The zero-order valence-corrected chi connectivity index (χ0v) is 19.1. The molecule has 0 saturated carbocycles. The Hall–Kier alpha value is -4.39. The highest BCUT2D eigenvalue weighted by Gasteiger charge is 2.47. The third kappa shape index (κ3) is 4.35. The molecule has 3 aromatic rings. The molecule has 0 spiro atoms. The van der Waals surface area contributed by atoms with Gasteiger partial charge < -0.3 is 15.5 Å². The zero-order valence-electron chi connectivity index (χ0n) is 19.1. The quantitative estimate of drug-likeness (QED) is 0.585. The number of carbonyl (C=O) groups excluding carboxylic acids is 3. The second-order valence-electron chi connectivity index (χ2n) is 8.88. The Bertz CT molecular complexity index is 1450. The van der Waals surface area contributed by atoms with E-state index < -0.39 is 43.3 Å². The van der Waals surface area contributed by atoms with E-state index in [1.165, 1.54) is 12.3 Å². The summed E-state index contributed by atoms with van der Waals surface area (Å²) in [5.74, 6) is -4.53. The average molecular weight is 489 g/mol. The van der Waals surface area contributed by atoms with Crippen LogP contribution in [0.15, 0.2) is 48.7 Å². The van der Waals surface area contributed by atoms with E-state index >= 15 is 0 Å². The van der Waals surface area contributed by atoms with Crippen LogP contribution in [0.4, 0.5) is 8.78 Å². The number of aromatic nitrogens is 1. The van der Waals surface area contributed by atoms with E-state index in [9.17, 15) is 23.2 Å². The Labute approximate surface area is 204 Å². The molecule has 1 aromatic heterocycles. The van der Waals surface area contributed by atoms with Gasteiger partial charge >= 0.3 is 0 Å². The lowest BCUT2D eigenvalue weighted by Gasteiger charge is -2.19. The van der Waals surface area contributed by atoms with Gasteiger partial charge in [-0.3, -0.25) is 19.4 Å². The summed E-state index contributed by atoms with van der Waals surface area (Å²) in [4.78, 5) is 42.6. The van der Waals surface area contributed by atoms with E-state index in [0.717, 1.165) is 28.0 Å². The SMILES string of the molecule is N#CC1CC(F)(F)CN1C(=O)CNC(=O)c1ccnc2ccc(-c3ccc4c(c3)CCNC4=O)cc12. The van der Waals surface area contributed by atoms with Crippen molar-refractivity contribution in [1.82, 2.24) is 20.5 Å². The lowest BCUT2D eigenvalue weighted by molar-refractivity contribution is -0.131. The van der Waals surface area contributed by atoms with Crippen molar-refractivity contribution in [1.29, 1.82) is 5.26 Å². The maximum absolute atomic E-state index is 13.7. The van der Waals surface area contributed by atoms with Crippen molar-refractivity contribution >= 4 is 28.6 Å². The Morgan fingerprint density at radius 1 is 1.19 bits per heavy atom.